The van der Waals surface area contributed by atoms with E-state index in [2.05, 4.69) is 64.7 Å². The molecule has 160 valence electrons. The molecular weight excluding hydrogens is 493 g/mol. The molecule has 2 N–H and O–H groups in total. The Labute approximate surface area is 196 Å². The number of hydrogen-bond acceptors (Lipinski definition) is 4. The van der Waals surface area contributed by atoms with Crippen molar-refractivity contribution in [2.75, 3.05) is 33.2 Å². The molecule has 0 aliphatic carbocycles. The lowest BCUT2D eigenvalue weighted by atomic mass is 10.1. The van der Waals surface area contributed by atoms with Gasteiger partial charge in [0.05, 0.1) is 16.7 Å². The number of benzene rings is 1. The first-order valence-electron chi connectivity index (χ1n) is 10.4. The summed E-state index contributed by atoms with van der Waals surface area (Å²) in [5.41, 5.74) is 2.61. The van der Waals surface area contributed by atoms with Crippen molar-refractivity contribution in [2.24, 2.45) is 4.99 Å². The van der Waals surface area contributed by atoms with Gasteiger partial charge in [-0.25, -0.2) is 4.98 Å². The zero-order valence-corrected chi connectivity index (χ0v) is 20.9. The van der Waals surface area contributed by atoms with Crippen LogP contribution in [-0.2, 0) is 12.8 Å². The maximum Gasteiger partial charge on any atom is 0.191 e. The van der Waals surface area contributed by atoms with Gasteiger partial charge in [-0.05, 0) is 44.8 Å². The molecule has 0 spiro atoms. The molecule has 1 unspecified atom stereocenters. The number of halogens is 1. The maximum atomic E-state index is 4.73. The van der Waals surface area contributed by atoms with Crippen LogP contribution in [0.25, 0.3) is 0 Å². The molecule has 0 saturated carbocycles. The van der Waals surface area contributed by atoms with E-state index >= 15 is 0 Å². The van der Waals surface area contributed by atoms with Crippen LogP contribution in [-0.4, -0.2) is 49.1 Å². The fraction of sp³-hybridized carbons (Fsp3) is 0.545. The summed E-state index contributed by atoms with van der Waals surface area (Å²) in [7, 11) is 1.84. The van der Waals surface area contributed by atoms with Gasteiger partial charge in [-0.1, -0.05) is 37.3 Å². The van der Waals surface area contributed by atoms with E-state index in [4.69, 9.17) is 4.98 Å². The number of hydrogen-bond donors (Lipinski definition) is 2. The molecular formula is C22H34IN5S. The van der Waals surface area contributed by atoms with Crippen LogP contribution in [0.2, 0.25) is 0 Å². The van der Waals surface area contributed by atoms with E-state index in [0.29, 0.717) is 6.04 Å². The molecule has 1 aromatic carbocycles. The quantitative estimate of drug-likeness (QED) is 0.308. The first-order chi connectivity index (χ1) is 13.7. The molecule has 5 nitrogen and oxygen atoms in total. The highest BCUT2D eigenvalue weighted by atomic mass is 127. The fourth-order valence-corrected chi connectivity index (χ4v) is 4.83. The molecule has 0 radical (unpaired) electrons. The molecule has 2 aromatic rings. The lowest BCUT2D eigenvalue weighted by Gasteiger charge is -2.29. The van der Waals surface area contributed by atoms with Crippen molar-refractivity contribution in [1.29, 1.82) is 0 Å². The number of nitrogens with one attached hydrogen (secondary N) is 2. The summed E-state index contributed by atoms with van der Waals surface area (Å²) in [6, 6.07) is 11.2. The standard InChI is InChI=1S/C22H33N5S.HI/c1-4-19-17(2)28-21(26-19)12-13-24-22(23-3)25-16-20(27-14-8-9-15-27)18-10-6-5-7-11-18;/h5-7,10-11,20H,4,8-9,12-16H2,1-3H3,(H2,23,24,25);1H. The van der Waals surface area contributed by atoms with Crippen molar-refractivity contribution in [3.63, 3.8) is 0 Å². The van der Waals surface area contributed by atoms with E-state index in [9.17, 15) is 0 Å². The van der Waals surface area contributed by atoms with Crippen molar-refractivity contribution in [2.45, 2.75) is 45.6 Å². The summed E-state index contributed by atoms with van der Waals surface area (Å²) in [6.07, 6.45) is 4.53. The van der Waals surface area contributed by atoms with Crippen LogP contribution in [0.5, 0.6) is 0 Å². The molecule has 1 aromatic heterocycles. The third kappa shape index (κ3) is 6.93. The first-order valence-corrected chi connectivity index (χ1v) is 11.2. The zero-order chi connectivity index (χ0) is 19.8. The van der Waals surface area contributed by atoms with Crippen LogP contribution >= 0.6 is 35.3 Å². The summed E-state index contributed by atoms with van der Waals surface area (Å²) < 4.78 is 0. The Bertz CT molecular complexity index is 756. The Morgan fingerprint density at radius 2 is 1.93 bits per heavy atom. The highest BCUT2D eigenvalue weighted by Crippen LogP contribution is 2.24. The third-order valence-corrected chi connectivity index (χ3v) is 6.43. The average molecular weight is 528 g/mol. The second-order valence-corrected chi connectivity index (χ2v) is 8.55. The van der Waals surface area contributed by atoms with Crippen molar-refractivity contribution < 1.29 is 0 Å². The van der Waals surface area contributed by atoms with E-state index < -0.39 is 0 Å². The van der Waals surface area contributed by atoms with E-state index in [1.807, 2.05) is 18.4 Å². The largest absolute Gasteiger partial charge is 0.356 e. The van der Waals surface area contributed by atoms with Gasteiger partial charge in [0.2, 0.25) is 0 Å². The van der Waals surface area contributed by atoms with Gasteiger partial charge in [0.15, 0.2) is 5.96 Å². The Balaban J connectivity index is 0.00000300. The summed E-state index contributed by atoms with van der Waals surface area (Å²) in [5, 5.41) is 8.19. The molecule has 7 heteroatoms. The van der Waals surface area contributed by atoms with Gasteiger partial charge in [-0.15, -0.1) is 35.3 Å². The predicted molar refractivity (Wildman–Crippen MR) is 135 cm³/mol. The summed E-state index contributed by atoms with van der Waals surface area (Å²) in [5.74, 6) is 0.865. The number of likely N-dealkylation sites (tertiary alicyclic amines) is 1. The van der Waals surface area contributed by atoms with Crippen LogP contribution < -0.4 is 10.6 Å². The Hall–Kier alpha value is -1.19. The highest BCUT2D eigenvalue weighted by molar-refractivity contribution is 14.0. The maximum absolute atomic E-state index is 4.73. The number of aromatic nitrogens is 1. The van der Waals surface area contributed by atoms with Gasteiger partial charge >= 0.3 is 0 Å². The number of thiazole rings is 1. The van der Waals surface area contributed by atoms with Crippen molar-refractivity contribution in [1.82, 2.24) is 20.5 Å². The number of guanidine groups is 1. The Morgan fingerprint density at radius 1 is 1.21 bits per heavy atom. The van der Waals surface area contributed by atoms with Crippen molar-refractivity contribution in [3.05, 3.63) is 51.5 Å². The molecule has 1 aliphatic rings. The Morgan fingerprint density at radius 3 is 2.55 bits per heavy atom. The van der Waals surface area contributed by atoms with Crippen LogP contribution in [0.4, 0.5) is 0 Å². The monoisotopic (exact) mass is 527 g/mol. The normalized spacial score (nSPS) is 15.8. The summed E-state index contributed by atoms with van der Waals surface area (Å²) in [4.78, 5) is 13.1. The molecule has 1 saturated heterocycles. The molecule has 0 amide bonds. The van der Waals surface area contributed by atoms with E-state index in [-0.39, 0.29) is 24.0 Å². The molecule has 1 atom stereocenters. The lowest BCUT2D eigenvalue weighted by molar-refractivity contribution is 0.245. The minimum atomic E-state index is 0. The number of rotatable bonds is 8. The van der Waals surface area contributed by atoms with Gasteiger partial charge in [0.1, 0.15) is 0 Å². The van der Waals surface area contributed by atoms with Gasteiger partial charge in [-0.3, -0.25) is 9.89 Å². The zero-order valence-electron chi connectivity index (χ0n) is 17.8. The minimum absolute atomic E-state index is 0. The van der Waals surface area contributed by atoms with Crippen LogP contribution in [0.15, 0.2) is 35.3 Å². The van der Waals surface area contributed by atoms with Gasteiger partial charge in [0.25, 0.3) is 0 Å². The first kappa shape index (κ1) is 24.1. The Kier molecular flexibility index (Phi) is 10.4. The molecule has 3 rings (SSSR count). The van der Waals surface area contributed by atoms with E-state index in [1.54, 1.807) is 0 Å². The SMILES string of the molecule is CCc1nc(CCNC(=NC)NCC(c2ccccc2)N2CCCC2)sc1C.I. The third-order valence-electron chi connectivity index (χ3n) is 5.36. The van der Waals surface area contributed by atoms with Crippen LogP contribution in [0.1, 0.15) is 46.9 Å². The summed E-state index contributed by atoms with van der Waals surface area (Å²) in [6.45, 7) is 8.39. The number of nitrogens with zero attached hydrogens (tertiary/aromatic N) is 3. The molecule has 1 fully saturated rings. The molecule has 1 aliphatic heterocycles. The van der Waals surface area contributed by atoms with Gasteiger partial charge in [-0.2, -0.15) is 0 Å². The molecule has 29 heavy (non-hydrogen) atoms. The fourth-order valence-electron chi connectivity index (χ4n) is 3.81. The minimum Gasteiger partial charge on any atom is -0.356 e. The van der Waals surface area contributed by atoms with E-state index in [0.717, 1.165) is 31.9 Å². The number of aliphatic imine (C=N–C) groups is 1. The van der Waals surface area contributed by atoms with Crippen molar-refractivity contribution >= 4 is 41.3 Å². The van der Waals surface area contributed by atoms with Gasteiger partial charge in [0, 0.05) is 31.4 Å². The van der Waals surface area contributed by atoms with E-state index in [1.165, 1.54) is 47.1 Å². The average Bonchev–Trinajstić information content (AvgIpc) is 3.37. The van der Waals surface area contributed by atoms with Gasteiger partial charge < -0.3 is 10.6 Å². The predicted octanol–water partition coefficient (Wildman–Crippen LogP) is 4.18. The second kappa shape index (κ2) is 12.5. The van der Waals surface area contributed by atoms with Crippen LogP contribution in [0.3, 0.4) is 0 Å². The summed E-state index contributed by atoms with van der Waals surface area (Å²) >= 11 is 1.81. The topological polar surface area (TPSA) is 52.6 Å². The van der Waals surface area contributed by atoms with Crippen molar-refractivity contribution in [3.8, 4) is 0 Å². The number of aryl methyl sites for hydroxylation is 2. The highest BCUT2D eigenvalue weighted by Gasteiger charge is 2.23. The smallest absolute Gasteiger partial charge is 0.191 e. The molecule has 0 bridgehead atoms. The lowest BCUT2D eigenvalue weighted by Crippen LogP contribution is -2.43. The second-order valence-electron chi connectivity index (χ2n) is 7.26. The molecule has 2 heterocycles. The van der Waals surface area contributed by atoms with Crippen LogP contribution in [0, 0.1) is 6.92 Å².